The molecule has 0 aromatic carbocycles. The summed E-state index contributed by atoms with van der Waals surface area (Å²) in [6.07, 6.45) is -8.41. The number of carbonyl (C=O) groups excluding carboxylic acids is 1. The highest BCUT2D eigenvalue weighted by molar-refractivity contribution is 5.68. The maximum absolute atomic E-state index is 11.1. The van der Waals surface area contributed by atoms with Gasteiger partial charge in [-0.05, 0) is 12.8 Å². The highest BCUT2D eigenvalue weighted by Crippen LogP contribution is 2.30. The van der Waals surface area contributed by atoms with Gasteiger partial charge in [0.25, 0.3) is 0 Å². The molecule has 2 heterocycles. The van der Waals surface area contributed by atoms with E-state index < -0.39 is 68.0 Å². The van der Waals surface area contributed by atoms with E-state index in [1.54, 1.807) is 0 Å². The van der Waals surface area contributed by atoms with Gasteiger partial charge in [0, 0.05) is 20.1 Å². The van der Waals surface area contributed by atoms with Gasteiger partial charge < -0.3 is 59.1 Å². The number of aliphatic hydroxyl groups is 6. The van der Waals surface area contributed by atoms with Crippen molar-refractivity contribution in [3.63, 3.8) is 0 Å². The molecule has 13 heteroatoms. The number of ether oxygens (including phenoxy) is 6. The lowest BCUT2D eigenvalue weighted by molar-refractivity contribution is -0.367. The number of hydrogen-bond donors (Lipinski definition) is 6. The molecule has 0 aromatic rings. The van der Waals surface area contributed by atoms with Gasteiger partial charge in [0.15, 0.2) is 12.6 Å². The largest absolute Gasteiger partial charge is 0.469 e. The third kappa shape index (κ3) is 8.81. The molecular formula is C23H42O13. The molecule has 2 fully saturated rings. The molecule has 10 atom stereocenters. The van der Waals surface area contributed by atoms with Crippen molar-refractivity contribution >= 4 is 5.97 Å². The first-order valence-electron chi connectivity index (χ1n) is 12.4. The smallest absolute Gasteiger partial charge is 0.305 e. The normalized spacial score (nSPS) is 37.1. The molecule has 0 aromatic heterocycles. The number of aliphatic hydroxyl groups excluding tert-OH is 6. The monoisotopic (exact) mass is 526 g/mol. The van der Waals surface area contributed by atoms with Crippen LogP contribution in [-0.2, 0) is 33.2 Å². The van der Waals surface area contributed by atoms with Gasteiger partial charge in [0.2, 0.25) is 0 Å². The highest BCUT2D eigenvalue weighted by Gasteiger charge is 2.50. The zero-order chi connectivity index (χ0) is 26.7. The first kappa shape index (κ1) is 31.2. The molecule has 0 saturated carbocycles. The minimum absolute atomic E-state index is 0.0174. The Morgan fingerprint density at radius 2 is 1.36 bits per heavy atom. The Morgan fingerprint density at radius 1 is 0.750 bits per heavy atom. The fourth-order valence-electron chi connectivity index (χ4n) is 4.20. The van der Waals surface area contributed by atoms with E-state index in [9.17, 15) is 35.4 Å². The van der Waals surface area contributed by atoms with Gasteiger partial charge in [0.05, 0.1) is 20.3 Å². The average molecular weight is 527 g/mol. The molecule has 0 spiro atoms. The first-order valence-corrected chi connectivity index (χ1v) is 12.4. The van der Waals surface area contributed by atoms with Crippen molar-refractivity contribution in [2.45, 2.75) is 106 Å². The molecule has 6 N–H and O–H groups in total. The van der Waals surface area contributed by atoms with E-state index >= 15 is 0 Å². The third-order valence-corrected chi connectivity index (χ3v) is 6.40. The minimum Gasteiger partial charge on any atom is -0.469 e. The molecule has 36 heavy (non-hydrogen) atoms. The predicted octanol–water partition coefficient (Wildman–Crippen LogP) is -1.82. The molecule has 0 radical (unpaired) electrons. The van der Waals surface area contributed by atoms with Crippen LogP contribution >= 0.6 is 0 Å². The summed E-state index contributed by atoms with van der Waals surface area (Å²) in [7, 11) is 2.79. The lowest BCUT2D eigenvalue weighted by atomic mass is 9.97. The van der Waals surface area contributed by atoms with Crippen LogP contribution in [0.5, 0.6) is 0 Å². The van der Waals surface area contributed by atoms with Crippen LogP contribution in [0.3, 0.4) is 0 Å². The molecule has 0 amide bonds. The fourth-order valence-corrected chi connectivity index (χ4v) is 4.20. The SMILES string of the molecule is COC[C@H]1O[C@H](OCCCCCCCCC(=O)OC)[C@H](O[C@H]2O[C@H](CO)[C@@H](O)[C@H](O)[C@H]2O)[C@@H](O)[C@@H]1O. The van der Waals surface area contributed by atoms with E-state index in [0.29, 0.717) is 12.8 Å². The van der Waals surface area contributed by atoms with Crippen LogP contribution in [0.15, 0.2) is 0 Å². The summed E-state index contributed by atoms with van der Waals surface area (Å²) in [6.45, 7) is -0.407. The molecule has 2 aliphatic rings. The predicted molar refractivity (Wildman–Crippen MR) is 121 cm³/mol. The van der Waals surface area contributed by atoms with Crippen molar-refractivity contribution < 1.29 is 63.9 Å². The molecule has 0 unspecified atom stereocenters. The lowest BCUT2D eigenvalue weighted by Crippen LogP contribution is -2.64. The van der Waals surface area contributed by atoms with Gasteiger partial charge in [-0.2, -0.15) is 0 Å². The molecule has 0 bridgehead atoms. The van der Waals surface area contributed by atoms with Crippen molar-refractivity contribution in [2.24, 2.45) is 0 Å². The van der Waals surface area contributed by atoms with Crippen molar-refractivity contribution in [1.29, 1.82) is 0 Å². The van der Waals surface area contributed by atoms with Crippen LogP contribution in [0, 0.1) is 0 Å². The standard InChI is InChI=1S/C23H42O13/c1-31-12-14-17(27)19(29)21(36-22-20(30)18(28)16(26)13(11-24)34-22)23(35-14)33-10-8-6-4-3-5-7-9-15(25)32-2/h13-14,16-24,26-30H,3-12H2,1-2H3/t13-,14-,16-,17-,18+,19+,20-,21-,22-,23+/m1/s1. The molecule has 212 valence electrons. The summed E-state index contributed by atoms with van der Waals surface area (Å²) in [5.41, 5.74) is 0. The molecule has 2 rings (SSSR count). The van der Waals surface area contributed by atoms with Crippen molar-refractivity contribution in [2.75, 3.05) is 34.0 Å². The Balaban J connectivity index is 1.89. The van der Waals surface area contributed by atoms with Crippen LogP contribution in [0.25, 0.3) is 0 Å². The molecule has 2 saturated heterocycles. The summed E-state index contributed by atoms with van der Waals surface area (Å²) < 4.78 is 32.3. The van der Waals surface area contributed by atoms with Gasteiger partial charge in [-0.25, -0.2) is 0 Å². The number of esters is 1. The van der Waals surface area contributed by atoms with Gasteiger partial charge >= 0.3 is 5.97 Å². The molecule has 0 aliphatic carbocycles. The van der Waals surface area contributed by atoms with Crippen molar-refractivity contribution in [1.82, 2.24) is 0 Å². The van der Waals surface area contributed by atoms with E-state index in [4.69, 9.17) is 23.7 Å². The van der Waals surface area contributed by atoms with Crippen LogP contribution < -0.4 is 0 Å². The van der Waals surface area contributed by atoms with Gasteiger partial charge in [-0.1, -0.05) is 25.7 Å². The van der Waals surface area contributed by atoms with E-state index in [1.165, 1.54) is 14.2 Å². The van der Waals surface area contributed by atoms with Crippen molar-refractivity contribution in [3.8, 4) is 0 Å². The van der Waals surface area contributed by atoms with Gasteiger partial charge in [0.1, 0.15) is 48.8 Å². The molecule has 13 nitrogen and oxygen atoms in total. The van der Waals surface area contributed by atoms with E-state index in [0.717, 1.165) is 32.1 Å². The average Bonchev–Trinajstić information content (AvgIpc) is 2.87. The third-order valence-electron chi connectivity index (χ3n) is 6.40. The quantitative estimate of drug-likeness (QED) is 0.103. The van der Waals surface area contributed by atoms with E-state index in [1.807, 2.05) is 0 Å². The highest BCUT2D eigenvalue weighted by atomic mass is 16.8. The van der Waals surface area contributed by atoms with E-state index in [-0.39, 0.29) is 19.2 Å². The lowest BCUT2D eigenvalue weighted by Gasteiger charge is -2.46. The van der Waals surface area contributed by atoms with Crippen molar-refractivity contribution in [3.05, 3.63) is 0 Å². The molecule has 2 aliphatic heterocycles. The number of unbranched alkanes of at least 4 members (excludes halogenated alkanes) is 5. The van der Waals surface area contributed by atoms with E-state index in [2.05, 4.69) is 4.74 Å². The summed E-state index contributed by atoms with van der Waals surface area (Å²) in [5.74, 6) is -0.213. The Hall–Kier alpha value is -0.970. The zero-order valence-electron chi connectivity index (χ0n) is 20.9. The Morgan fingerprint density at radius 3 is 2.00 bits per heavy atom. The molecular weight excluding hydrogens is 484 g/mol. The van der Waals surface area contributed by atoms with Gasteiger partial charge in [-0.15, -0.1) is 0 Å². The fraction of sp³-hybridized carbons (Fsp3) is 0.957. The van der Waals surface area contributed by atoms with Crippen LogP contribution in [0.2, 0.25) is 0 Å². The van der Waals surface area contributed by atoms with Crippen LogP contribution in [0.1, 0.15) is 44.9 Å². The Kier molecular flexibility index (Phi) is 14.0. The number of hydrogen-bond acceptors (Lipinski definition) is 13. The Labute approximate surface area is 210 Å². The summed E-state index contributed by atoms with van der Waals surface area (Å²) in [5, 5.41) is 60.9. The minimum atomic E-state index is -1.69. The maximum atomic E-state index is 11.1. The summed E-state index contributed by atoms with van der Waals surface area (Å²) in [4.78, 5) is 11.1. The topological polar surface area (TPSA) is 194 Å². The number of carbonyl (C=O) groups is 1. The second kappa shape index (κ2) is 16.1. The van der Waals surface area contributed by atoms with Crippen LogP contribution in [0.4, 0.5) is 0 Å². The Bertz CT molecular complexity index is 621. The maximum Gasteiger partial charge on any atom is 0.305 e. The second-order valence-electron chi connectivity index (χ2n) is 9.10. The first-order chi connectivity index (χ1) is 17.2. The number of rotatable bonds is 15. The second-order valence-corrected chi connectivity index (χ2v) is 9.10. The number of methoxy groups -OCH3 is 2. The zero-order valence-corrected chi connectivity index (χ0v) is 20.9. The van der Waals surface area contributed by atoms with Crippen LogP contribution in [-0.4, -0.2) is 132 Å². The van der Waals surface area contributed by atoms with Gasteiger partial charge in [-0.3, -0.25) is 4.79 Å². The summed E-state index contributed by atoms with van der Waals surface area (Å²) >= 11 is 0. The summed E-state index contributed by atoms with van der Waals surface area (Å²) in [6, 6.07) is 0.